The highest BCUT2D eigenvalue weighted by Crippen LogP contribution is 2.44. The Morgan fingerprint density at radius 3 is 2.42 bits per heavy atom. The zero-order valence-electron chi connectivity index (χ0n) is 12.1. The van der Waals surface area contributed by atoms with Crippen LogP contribution in [0.15, 0.2) is 22.8 Å². The Morgan fingerprint density at radius 2 is 2.00 bits per heavy atom. The first-order valence-electron chi connectivity index (χ1n) is 6.29. The maximum absolute atomic E-state index is 12.1. The first-order valence-corrected chi connectivity index (χ1v) is 6.29. The summed E-state index contributed by atoms with van der Waals surface area (Å²) in [6.07, 6.45) is 1.61. The van der Waals surface area contributed by atoms with E-state index in [-0.39, 0.29) is 18.2 Å². The van der Waals surface area contributed by atoms with E-state index >= 15 is 0 Å². The van der Waals surface area contributed by atoms with E-state index in [2.05, 4.69) is 11.8 Å². The van der Waals surface area contributed by atoms with Gasteiger partial charge in [0.15, 0.2) is 5.78 Å². The van der Waals surface area contributed by atoms with Gasteiger partial charge in [-0.2, -0.15) is 0 Å². The van der Waals surface area contributed by atoms with Crippen molar-refractivity contribution in [3.05, 3.63) is 22.8 Å². The Morgan fingerprint density at radius 1 is 1.42 bits per heavy atom. The highest BCUT2D eigenvalue weighted by atomic mass is 16.2. The third-order valence-electron chi connectivity index (χ3n) is 3.56. The van der Waals surface area contributed by atoms with Crippen LogP contribution in [0.4, 0.5) is 0 Å². The number of allylic oxidation sites excluding steroid dienone is 3. The van der Waals surface area contributed by atoms with Crippen molar-refractivity contribution in [1.82, 2.24) is 0 Å². The minimum atomic E-state index is -0.626. The molecule has 3 heteroatoms. The number of hydrogen-bond acceptors (Lipinski definition) is 3. The van der Waals surface area contributed by atoms with E-state index < -0.39 is 11.3 Å². The highest BCUT2D eigenvalue weighted by molar-refractivity contribution is 6.14. The van der Waals surface area contributed by atoms with Crippen LogP contribution in [0, 0.1) is 23.2 Å². The molecule has 0 radical (unpaired) electrons. The summed E-state index contributed by atoms with van der Waals surface area (Å²) in [5.74, 6) is 5.06. The van der Waals surface area contributed by atoms with Gasteiger partial charge in [-0.3, -0.25) is 9.59 Å². The van der Waals surface area contributed by atoms with Crippen LogP contribution < -0.4 is 0 Å². The summed E-state index contributed by atoms with van der Waals surface area (Å²) in [4.78, 5) is 23.8. The first kappa shape index (κ1) is 15.4. The number of Topliss-reactive ketones (excluding diaryl/α,β-unsaturated/α-hetero) is 2. The lowest BCUT2D eigenvalue weighted by Crippen LogP contribution is -2.31. The summed E-state index contributed by atoms with van der Waals surface area (Å²) in [5, 5.41) is 8.79. The van der Waals surface area contributed by atoms with Gasteiger partial charge in [0.05, 0.1) is 12.5 Å². The molecular weight excluding hydrogens is 240 g/mol. The van der Waals surface area contributed by atoms with Gasteiger partial charge in [0, 0.05) is 16.6 Å². The van der Waals surface area contributed by atoms with Gasteiger partial charge >= 0.3 is 0 Å². The number of carbonyl (C=O) groups is 2. The molecule has 1 atom stereocenters. The lowest BCUT2D eigenvalue weighted by Gasteiger charge is -2.25. The maximum Gasteiger partial charge on any atom is 0.170 e. The summed E-state index contributed by atoms with van der Waals surface area (Å²) in [6.45, 7) is 8.67. The lowest BCUT2D eigenvalue weighted by molar-refractivity contribution is -0.131. The predicted molar refractivity (Wildman–Crippen MR) is 74.3 cm³/mol. The summed E-state index contributed by atoms with van der Waals surface area (Å²) in [7, 11) is 0. The maximum atomic E-state index is 12.1. The van der Waals surface area contributed by atoms with E-state index in [1.807, 2.05) is 13.8 Å². The van der Waals surface area contributed by atoms with Crippen LogP contribution in [0.25, 0.3) is 0 Å². The summed E-state index contributed by atoms with van der Waals surface area (Å²) >= 11 is 0. The quantitative estimate of drug-likeness (QED) is 0.611. The SMILES string of the molecule is CC(=O)C1C(=O)C(C)=C(C#CC(C)=CCO)C1(C)C. The van der Waals surface area contributed by atoms with Gasteiger partial charge < -0.3 is 5.11 Å². The number of aliphatic hydroxyl groups excluding tert-OH is 1. The molecule has 0 spiro atoms. The van der Waals surface area contributed by atoms with Gasteiger partial charge in [0.1, 0.15) is 5.78 Å². The van der Waals surface area contributed by atoms with Gasteiger partial charge in [0.2, 0.25) is 0 Å². The van der Waals surface area contributed by atoms with E-state index in [4.69, 9.17) is 5.11 Å². The van der Waals surface area contributed by atoms with Gasteiger partial charge in [-0.15, -0.1) is 0 Å². The van der Waals surface area contributed by atoms with E-state index in [1.54, 1.807) is 19.9 Å². The molecule has 0 aromatic heterocycles. The molecule has 1 rings (SSSR count). The Kier molecular flexibility index (Phi) is 4.49. The molecule has 1 unspecified atom stereocenters. The number of hydrogen-bond donors (Lipinski definition) is 1. The summed E-state index contributed by atoms with van der Waals surface area (Å²) in [5.41, 5.74) is 1.50. The van der Waals surface area contributed by atoms with Crippen LogP contribution >= 0.6 is 0 Å². The van der Waals surface area contributed by atoms with E-state index in [0.717, 1.165) is 11.1 Å². The average Bonchev–Trinajstić information content (AvgIpc) is 2.44. The molecule has 0 saturated carbocycles. The minimum Gasteiger partial charge on any atom is -0.392 e. The third kappa shape index (κ3) is 2.85. The number of aliphatic hydroxyl groups is 1. The molecule has 3 nitrogen and oxygen atoms in total. The topological polar surface area (TPSA) is 54.4 Å². The molecule has 1 aliphatic carbocycles. The number of ketones is 2. The fraction of sp³-hybridized carbons (Fsp3) is 0.500. The van der Waals surface area contributed by atoms with Crippen molar-refractivity contribution in [1.29, 1.82) is 0 Å². The summed E-state index contributed by atoms with van der Waals surface area (Å²) in [6, 6.07) is 0. The molecule has 0 aromatic rings. The van der Waals surface area contributed by atoms with Crippen molar-refractivity contribution in [3.8, 4) is 11.8 Å². The Labute approximate surface area is 114 Å². The molecule has 0 fully saturated rings. The second-order valence-corrected chi connectivity index (χ2v) is 5.45. The fourth-order valence-corrected chi connectivity index (χ4v) is 2.59. The van der Waals surface area contributed by atoms with E-state index in [0.29, 0.717) is 5.57 Å². The largest absolute Gasteiger partial charge is 0.392 e. The molecule has 0 aromatic carbocycles. The van der Waals surface area contributed by atoms with E-state index in [1.165, 1.54) is 6.92 Å². The van der Waals surface area contributed by atoms with Crippen LogP contribution in [0.3, 0.4) is 0 Å². The van der Waals surface area contributed by atoms with Gasteiger partial charge in [-0.25, -0.2) is 0 Å². The Hall–Kier alpha value is -1.66. The molecule has 1 aliphatic rings. The third-order valence-corrected chi connectivity index (χ3v) is 3.56. The second-order valence-electron chi connectivity index (χ2n) is 5.45. The Balaban J connectivity index is 3.24. The van der Waals surface area contributed by atoms with Crippen molar-refractivity contribution in [2.45, 2.75) is 34.6 Å². The zero-order chi connectivity index (χ0) is 14.8. The van der Waals surface area contributed by atoms with Crippen LogP contribution in [0.5, 0.6) is 0 Å². The van der Waals surface area contributed by atoms with Gasteiger partial charge in [-0.1, -0.05) is 25.7 Å². The van der Waals surface area contributed by atoms with Crippen molar-refractivity contribution < 1.29 is 14.7 Å². The molecule has 0 aliphatic heterocycles. The standard InChI is InChI=1S/C16H20O3/c1-10(8-9-17)6-7-13-11(2)15(19)14(12(3)18)16(13,4)5/h8,14,17H,9H2,1-5H3. The molecule has 19 heavy (non-hydrogen) atoms. The molecule has 0 saturated heterocycles. The monoisotopic (exact) mass is 260 g/mol. The van der Waals surface area contributed by atoms with Crippen LogP contribution in [0.2, 0.25) is 0 Å². The fourth-order valence-electron chi connectivity index (χ4n) is 2.59. The normalized spacial score (nSPS) is 22.3. The second kappa shape index (κ2) is 5.54. The highest BCUT2D eigenvalue weighted by Gasteiger charge is 2.48. The minimum absolute atomic E-state index is 0.0586. The Bertz CT molecular complexity index is 536. The molecule has 1 N–H and O–H groups in total. The number of rotatable bonds is 2. The van der Waals surface area contributed by atoms with Crippen LogP contribution in [-0.4, -0.2) is 23.3 Å². The van der Waals surface area contributed by atoms with Crippen LogP contribution in [0.1, 0.15) is 34.6 Å². The van der Waals surface area contributed by atoms with Crippen molar-refractivity contribution in [2.24, 2.45) is 11.3 Å². The van der Waals surface area contributed by atoms with Crippen LogP contribution in [-0.2, 0) is 9.59 Å². The lowest BCUT2D eigenvalue weighted by atomic mass is 9.75. The average molecular weight is 260 g/mol. The molecule has 0 heterocycles. The molecule has 102 valence electrons. The summed E-state index contributed by atoms with van der Waals surface area (Å²) < 4.78 is 0. The van der Waals surface area contributed by atoms with Crippen molar-refractivity contribution in [3.63, 3.8) is 0 Å². The molecule has 0 bridgehead atoms. The molecule has 0 amide bonds. The first-order chi connectivity index (χ1) is 8.73. The van der Waals surface area contributed by atoms with Crippen molar-refractivity contribution >= 4 is 11.6 Å². The van der Waals surface area contributed by atoms with E-state index in [9.17, 15) is 9.59 Å². The zero-order valence-corrected chi connectivity index (χ0v) is 12.1. The smallest absolute Gasteiger partial charge is 0.170 e. The predicted octanol–water partition coefficient (Wildman–Crippen LogP) is 2.06. The van der Waals surface area contributed by atoms with Crippen molar-refractivity contribution in [2.75, 3.05) is 6.61 Å². The molecular formula is C16H20O3. The number of carbonyl (C=O) groups excluding carboxylic acids is 2. The van der Waals surface area contributed by atoms with Gasteiger partial charge in [0.25, 0.3) is 0 Å². The van der Waals surface area contributed by atoms with Gasteiger partial charge in [-0.05, 0) is 32.4 Å².